The second kappa shape index (κ2) is 7.97. The summed E-state index contributed by atoms with van der Waals surface area (Å²) in [6.07, 6.45) is 2.44. The lowest BCUT2D eigenvalue weighted by molar-refractivity contribution is 0.0948. The standard InChI is InChI=1S/C16H20N4O2/c1-3-10-17-15(21)14-9-11-18-16(20-14)19-12-5-7-13(8-6-12)22-4-2/h5-9,11H,3-4,10H2,1-2H3,(H,17,21)(H,18,19,20). The van der Waals surface area contributed by atoms with Gasteiger partial charge < -0.3 is 15.4 Å². The molecule has 1 aromatic heterocycles. The van der Waals surface area contributed by atoms with E-state index >= 15 is 0 Å². The molecule has 6 heteroatoms. The van der Waals surface area contributed by atoms with Gasteiger partial charge in [-0.25, -0.2) is 9.97 Å². The van der Waals surface area contributed by atoms with Crippen molar-refractivity contribution < 1.29 is 9.53 Å². The van der Waals surface area contributed by atoms with Crippen molar-refractivity contribution in [3.05, 3.63) is 42.2 Å². The molecule has 0 radical (unpaired) electrons. The third-order valence-electron chi connectivity index (χ3n) is 2.85. The Bertz CT molecular complexity index is 614. The Morgan fingerprint density at radius 3 is 2.64 bits per heavy atom. The van der Waals surface area contributed by atoms with Crippen LogP contribution in [0, 0.1) is 0 Å². The van der Waals surface area contributed by atoms with Crippen molar-refractivity contribution >= 4 is 17.5 Å². The number of benzene rings is 1. The first kappa shape index (κ1) is 15.8. The Labute approximate surface area is 129 Å². The van der Waals surface area contributed by atoms with Gasteiger partial charge in [-0.1, -0.05) is 6.92 Å². The van der Waals surface area contributed by atoms with Crippen molar-refractivity contribution in [1.82, 2.24) is 15.3 Å². The summed E-state index contributed by atoms with van der Waals surface area (Å²) in [6, 6.07) is 9.07. The zero-order valence-corrected chi connectivity index (χ0v) is 12.8. The van der Waals surface area contributed by atoms with Crippen molar-refractivity contribution in [2.45, 2.75) is 20.3 Å². The van der Waals surface area contributed by atoms with E-state index in [0.717, 1.165) is 17.9 Å². The molecule has 2 N–H and O–H groups in total. The number of hydrogen-bond acceptors (Lipinski definition) is 5. The van der Waals surface area contributed by atoms with E-state index in [1.807, 2.05) is 38.1 Å². The van der Waals surface area contributed by atoms with Crippen molar-refractivity contribution in [3.8, 4) is 5.75 Å². The van der Waals surface area contributed by atoms with Crippen LogP contribution < -0.4 is 15.4 Å². The van der Waals surface area contributed by atoms with Crippen LogP contribution in [0.3, 0.4) is 0 Å². The van der Waals surface area contributed by atoms with Gasteiger partial charge >= 0.3 is 0 Å². The molecule has 0 atom stereocenters. The minimum atomic E-state index is -0.195. The van der Waals surface area contributed by atoms with Crippen LogP contribution >= 0.6 is 0 Å². The van der Waals surface area contributed by atoms with E-state index in [1.165, 1.54) is 0 Å². The molecule has 0 aliphatic carbocycles. The monoisotopic (exact) mass is 300 g/mol. The molecule has 1 aromatic carbocycles. The highest BCUT2D eigenvalue weighted by atomic mass is 16.5. The molecule has 116 valence electrons. The number of carbonyl (C=O) groups is 1. The van der Waals surface area contributed by atoms with Gasteiger partial charge in [0.05, 0.1) is 6.61 Å². The first-order chi connectivity index (χ1) is 10.7. The average molecular weight is 300 g/mol. The van der Waals surface area contributed by atoms with E-state index in [0.29, 0.717) is 24.8 Å². The highest BCUT2D eigenvalue weighted by Crippen LogP contribution is 2.18. The van der Waals surface area contributed by atoms with Crippen LogP contribution in [0.2, 0.25) is 0 Å². The summed E-state index contributed by atoms with van der Waals surface area (Å²) in [5.41, 5.74) is 1.17. The quantitative estimate of drug-likeness (QED) is 0.822. The molecule has 0 aliphatic heterocycles. The Morgan fingerprint density at radius 2 is 1.95 bits per heavy atom. The van der Waals surface area contributed by atoms with Gasteiger partial charge in [0.15, 0.2) is 0 Å². The van der Waals surface area contributed by atoms with Crippen molar-refractivity contribution in [2.24, 2.45) is 0 Å². The van der Waals surface area contributed by atoms with Gasteiger partial charge in [0.25, 0.3) is 5.91 Å². The molecule has 0 saturated heterocycles. The summed E-state index contributed by atoms with van der Waals surface area (Å²) >= 11 is 0. The number of anilines is 2. The highest BCUT2D eigenvalue weighted by Gasteiger charge is 2.08. The van der Waals surface area contributed by atoms with Crippen LogP contribution in [0.5, 0.6) is 5.75 Å². The number of hydrogen-bond donors (Lipinski definition) is 2. The molecular formula is C16H20N4O2. The molecule has 0 unspecified atom stereocenters. The molecular weight excluding hydrogens is 280 g/mol. The summed E-state index contributed by atoms with van der Waals surface area (Å²) in [5.74, 6) is 0.994. The number of aromatic nitrogens is 2. The highest BCUT2D eigenvalue weighted by molar-refractivity contribution is 5.92. The first-order valence-electron chi connectivity index (χ1n) is 7.34. The topological polar surface area (TPSA) is 76.1 Å². The van der Waals surface area contributed by atoms with Crippen LogP contribution in [0.1, 0.15) is 30.8 Å². The molecule has 2 aromatic rings. The molecule has 2 rings (SSSR count). The van der Waals surface area contributed by atoms with Gasteiger partial charge in [0.2, 0.25) is 5.95 Å². The lowest BCUT2D eigenvalue weighted by atomic mass is 10.3. The number of carbonyl (C=O) groups excluding carboxylic acids is 1. The first-order valence-corrected chi connectivity index (χ1v) is 7.34. The molecule has 6 nitrogen and oxygen atoms in total. The zero-order valence-electron chi connectivity index (χ0n) is 12.8. The van der Waals surface area contributed by atoms with Gasteiger partial charge in [0, 0.05) is 18.4 Å². The van der Waals surface area contributed by atoms with E-state index < -0.39 is 0 Å². The van der Waals surface area contributed by atoms with Crippen molar-refractivity contribution in [2.75, 3.05) is 18.5 Å². The average Bonchev–Trinajstić information content (AvgIpc) is 2.55. The van der Waals surface area contributed by atoms with E-state index in [-0.39, 0.29) is 5.91 Å². The Balaban J connectivity index is 2.04. The van der Waals surface area contributed by atoms with Crippen LogP contribution in [-0.2, 0) is 0 Å². The maximum absolute atomic E-state index is 11.9. The largest absolute Gasteiger partial charge is 0.494 e. The molecule has 0 fully saturated rings. The summed E-state index contributed by atoms with van der Waals surface area (Å²) in [5, 5.41) is 5.85. The number of rotatable bonds is 7. The van der Waals surface area contributed by atoms with Gasteiger partial charge in [-0.05, 0) is 43.7 Å². The fraction of sp³-hybridized carbons (Fsp3) is 0.312. The molecule has 22 heavy (non-hydrogen) atoms. The van der Waals surface area contributed by atoms with E-state index in [9.17, 15) is 4.79 Å². The Kier molecular flexibility index (Phi) is 5.71. The lowest BCUT2D eigenvalue weighted by Gasteiger charge is -2.08. The second-order valence-corrected chi connectivity index (χ2v) is 4.60. The number of ether oxygens (including phenoxy) is 1. The number of amides is 1. The maximum atomic E-state index is 11.9. The summed E-state index contributed by atoms with van der Waals surface area (Å²) < 4.78 is 5.39. The molecule has 1 heterocycles. The molecule has 0 spiro atoms. The maximum Gasteiger partial charge on any atom is 0.270 e. The predicted octanol–water partition coefficient (Wildman–Crippen LogP) is 2.76. The summed E-state index contributed by atoms with van der Waals surface area (Å²) in [6.45, 7) is 5.20. The Hall–Kier alpha value is -2.63. The minimum Gasteiger partial charge on any atom is -0.494 e. The van der Waals surface area contributed by atoms with E-state index in [4.69, 9.17) is 4.74 Å². The summed E-state index contributed by atoms with van der Waals surface area (Å²) in [4.78, 5) is 20.2. The third kappa shape index (κ3) is 4.44. The van der Waals surface area contributed by atoms with Gasteiger partial charge in [-0.3, -0.25) is 4.79 Å². The minimum absolute atomic E-state index is 0.195. The molecule has 0 aliphatic rings. The van der Waals surface area contributed by atoms with Crippen LogP contribution in [0.4, 0.5) is 11.6 Å². The number of nitrogens with one attached hydrogen (secondary N) is 2. The van der Waals surface area contributed by atoms with E-state index in [2.05, 4.69) is 20.6 Å². The van der Waals surface area contributed by atoms with Gasteiger partial charge in [-0.15, -0.1) is 0 Å². The van der Waals surface area contributed by atoms with E-state index in [1.54, 1.807) is 12.3 Å². The molecule has 0 saturated carbocycles. The lowest BCUT2D eigenvalue weighted by Crippen LogP contribution is -2.25. The predicted molar refractivity (Wildman–Crippen MR) is 85.5 cm³/mol. The number of nitrogens with zero attached hydrogens (tertiary/aromatic N) is 2. The SMILES string of the molecule is CCCNC(=O)c1ccnc(Nc2ccc(OCC)cc2)n1. The Morgan fingerprint density at radius 1 is 1.18 bits per heavy atom. The second-order valence-electron chi connectivity index (χ2n) is 4.60. The van der Waals surface area contributed by atoms with Crippen molar-refractivity contribution in [1.29, 1.82) is 0 Å². The fourth-order valence-corrected chi connectivity index (χ4v) is 1.80. The molecule has 1 amide bonds. The zero-order chi connectivity index (χ0) is 15.8. The third-order valence-corrected chi connectivity index (χ3v) is 2.85. The van der Waals surface area contributed by atoms with Crippen LogP contribution in [0.25, 0.3) is 0 Å². The van der Waals surface area contributed by atoms with Crippen LogP contribution in [0.15, 0.2) is 36.5 Å². The van der Waals surface area contributed by atoms with Gasteiger partial charge in [0.1, 0.15) is 11.4 Å². The molecule has 0 bridgehead atoms. The smallest absolute Gasteiger partial charge is 0.270 e. The normalized spacial score (nSPS) is 10.1. The van der Waals surface area contributed by atoms with Crippen molar-refractivity contribution in [3.63, 3.8) is 0 Å². The fourth-order valence-electron chi connectivity index (χ4n) is 1.80. The summed E-state index contributed by atoms with van der Waals surface area (Å²) in [7, 11) is 0. The van der Waals surface area contributed by atoms with Crippen LogP contribution in [-0.4, -0.2) is 29.0 Å². The van der Waals surface area contributed by atoms with Gasteiger partial charge in [-0.2, -0.15) is 0 Å².